The largest absolute Gasteiger partial charge is 0.444 e. The van der Waals surface area contributed by atoms with Crippen molar-refractivity contribution in [2.45, 2.75) is 57.8 Å². The van der Waals surface area contributed by atoms with Gasteiger partial charge in [-0.2, -0.15) is 0 Å². The van der Waals surface area contributed by atoms with Crippen LogP contribution in [-0.2, 0) is 19.1 Å². The summed E-state index contributed by atoms with van der Waals surface area (Å²) in [6, 6.07) is 6.30. The molecular formula is C21H24N2O7. The van der Waals surface area contributed by atoms with Crippen LogP contribution in [0.5, 0.6) is 0 Å². The van der Waals surface area contributed by atoms with E-state index in [1.807, 2.05) is 0 Å². The Morgan fingerprint density at radius 1 is 1.17 bits per heavy atom. The molecule has 1 unspecified atom stereocenters. The quantitative estimate of drug-likeness (QED) is 0.749. The van der Waals surface area contributed by atoms with Gasteiger partial charge in [0.1, 0.15) is 11.0 Å². The van der Waals surface area contributed by atoms with Gasteiger partial charge < -0.3 is 19.6 Å². The number of amides is 3. The number of benzene rings is 1. The summed E-state index contributed by atoms with van der Waals surface area (Å²) < 4.78 is 11.2. The van der Waals surface area contributed by atoms with Crippen LogP contribution < -0.4 is 5.32 Å². The highest BCUT2D eigenvalue weighted by Gasteiger charge is 2.71. The fraction of sp³-hybridized carbons (Fsp3) is 0.524. The Hall–Kier alpha value is -2.94. The van der Waals surface area contributed by atoms with Crippen molar-refractivity contribution in [1.29, 1.82) is 0 Å². The zero-order valence-electron chi connectivity index (χ0n) is 17.3. The van der Waals surface area contributed by atoms with Gasteiger partial charge in [0.05, 0.1) is 29.4 Å². The summed E-state index contributed by atoms with van der Waals surface area (Å²) in [6.07, 6.45) is -0.412. The molecule has 9 heteroatoms. The zero-order valence-corrected chi connectivity index (χ0v) is 17.3. The number of rotatable bonds is 4. The van der Waals surface area contributed by atoms with E-state index in [1.165, 1.54) is 12.1 Å². The number of hydroxylamine groups is 2. The standard InChI is InChI=1S/C21H24N2O7/c1-12-21(9-20(10-21,28-12)11-22-18(27)29-19(2,3)4)17(26)30-23-15(24)13-7-5-6-8-14(13)16(23)25/h5-8,12H,9-11H2,1-4H3,(H,22,27). The molecule has 3 fully saturated rings. The molecule has 1 aliphatic carbocycles. The van der Waals surface area contributed by atoms with Crippen molar-refractivity contribution < 1.29 is 33.5 Å². The summed E-state index contributed by atoms with van der Waals surface area (Å²) in [5, 5.41) is 3.20. The predicted octanol–water partition coefficient (Wildman–Crippen LogP) is 2.20. The van der Waals surface area contributed by atoms with Gasteiger partial charge in [-0.05, 0) is 52.7 Å². The minimum absolute atomic E-state index is 0.189. The summed E-state index contributed by atoms with van der Waals surface area (Å²) >= 11 is 0. The average molecular weight is 416 g/mol. The van der Waals surface area contributed by atoms with Gasteiger partial charge >= 0.3 is 12.1 Å². The first-order chi connectivity index (χ1) is 14.0. The van der Waals surface area contributed by atoms with Gasteiger partial charge in [0.15, 0.2) is 0 Å². The molecule has 3 aliphatic heterocycles. The van der Waals surface area contributed by atoms with Crippen LogP contribution >= 0.6 is 0 Å². The Morgan fingerprint density at radius 3 is 2.27 bits per heavy atom. The predicted molar refractivity (Wildman–Crippen MR) is 102 cm³/mol. The van der Waals surface area contributed by atoms with Crippen LogP contribution in [-0.4, -0.2) is 52.8 Å². The number of carbonyl (C=O) groups is 4. The van der Waals surface area contributed by atoms with Crippen LogP contribution in [0.1, 0.15) is 61.3 Å². The third kappa shape index (κ3) is 3.13. The number of hydrogen-bond acceptors (Lipinski definition) is 7. The molecule has 30 heavy (non-hydrogen) atoms. The second-order valence-corrected chi connectivity index (χ2v) is 9.14. The van der Waals surface area contributed by atoms with Crippen molar-refractivity contribution in [1.82, 2.24) is 10.4 Å². The van der Waals surface area contributed by atoms with E-state index in [1.54, 1.807) is 39.8 Å². The Balaban J connectivity index is 1.39. The molecule has 3 heterocycles. The summed E-state index contributed by atoms with van der Waals surface area (Å²) in [5.41, 5.74) is -1.88. The van der Waals surface area contributed by atoms with Crippen LogP contribution in [0.3, 0.4) is 0 Å². The van der Waals surface area contributed by atoms with Gasteiger partial charge in [0.2, 0.25) is 0 Å². The van der Waals surface area contributed by atoms with E-state index in [0.29, 0.717) is 17.9 Å². The maximum Gasteiger partial charge on any atom is 0.407 e. The molecule has 0 radical (unpaired) electrons. The lowest BCUT2D eigenvalue weighted by molar-refractivity contribution is -0.187. The second kappa shape index (κ2) is 6.53. The Morgan fingerprint density at radius 2 is 1.73 bits per heavy atom. The van der Waals surface area contributed by atoms with Gasteiger partial charge in [0, 0.05) is 0 Å². The minimum atomic E-state index is -0.967. The molecule has 5 rings (SSSR count). The van der Waals surface area contributed by atoms with Gasteiger partial charge in [-0.25, -0.2) is 9.59 Å². The van der Waals surface area contributed by atoms with Crippen molar-refractivity contribution in [3.63, 3.8) is 0 Å². The maximum absolute atomic E-state index is 12.9. The number of fused-ring (bicyclic) bond motifs is 2. The molecule has 1 aromatic carbocycles. The van der Waals surface area contributed by atoms with Crippen molar-refractivity contribution in [3.05, 3.63) is 35.4 Å². The topological polar surface area (TPSA) is 111 Å². The summed E-state index contributed by atoms with van der Waals surface area (Å²) in [6.45, 7) is 7.23. The summed E-state index contributed by atoms with van der Waals surface area (Å²) in [5.74, 6) is -2.01. The molecule has 2 saturated heterocycles. The number of nitrogens with one attached hydrogen (secondary N) is 1. The monoisotopic (exact) mass is 416 g/mol. The lowest BCUT2D eigenvalue weighted by atomic mass is 9.60. The molecule has 1 saturated carbocycles. The van der Waals surface area contributed by atoms with Gasteiger partial charge in [0.25, 0.3) is 11.8 Å². The van der Waals surface area contributed by atoms with E-state index in [4.69, 9.17) is 14.3 Å². The van der Waals surface area contributed by atoms with Crippen molar-refractivity contribution in [3.8, 4) is 0 Å². The van der Waals surface area contributed by atoms with E-state index < -0.39 is 46.6 Å². The lowest BCUT2D eigenvalue weighted by Gasteiger charge is -2.43. The maximum atomic E-state index is 12.9. The van der Waals surface area contributed by atoms with Crippen molar-refractivity contribution in [2.75, 3.05) is 6.54 Å². The van der Waals surface area contributed by atoms with Crippen molar-refractivity contribution in [2.24, 2.45) is 5.41 Å². The first-order valence-corrected chi connectivity index (χ1v) is 9.81. The number of alkyl carbamates (subject to hydrolysis) is 1. The van der Waals surface area contributed by atoms with E-state index in [9.17, 15) is 19.2 Å². The fourth-order valence-corrected chi connectivity index (χ4v) is 4.40. The third-order valence-corrected chi connectivity index (χ3v) is 5.77. The SMILES string of the molecule is CC1OC2(CNC(=O)OC(C)(C)C)CC1(C(=O)ON1C(=O)c3ccccc3C1=O)C2. The van der Waals surface area contributed by atoms with Gasteiger partial charge in [-0.3, -0.25) is 9.59 Å². The summed E-state index contributed by atoms with van der Waals surface area (Å²) in [4.78, 5) is 55.0. The van der Waals surface area contributed by atoms with E-state index in [0.717, 1.165) is 0 Å². The molecule has 9 nitrogen and oxygen atoms in total. The average Bonchev–Trinajstić information content (AvgIpc) is 3.17. The summed E-state index contributed by atoms with van der Waals surface area (Å²) in [7, 11) is 0. The van der Waals surface area contributed by atoms with Crippen LogP contribution in [0, 0.1) is 5.41 Å². The molecule has 1 N–H and O–H groups in total. The number of imide groups is 1. The van der Waals surface area contributed by atoms with E-state index >= 15 is 0 Å². The number of ether oxygens (including phenoxy) is 2. The first-order valence-electron chi connectivity index (χ1n) is 9.81. The molecule has 1 aromatic rings. The molecule has 3 amide bonds. The highest BCUT2D eigenvalue weighted by atomic mass is 16.7. The molecular weight excluding hydrogens is 392 g/mol. The molecule has 2 bridgehead atoms. The minimum Gasteiger partial charge on any atom is -0.444 e. The number of hydrogen-bond donors (Lipinski definition) is 1. The fourth-order valence-electron chi connectivity index (χ4n) is 4.40. The smallest absolute Gasteiger partial charge is 0.407 e. The third-order valence-electron chi connectivity index (χ3n) is 5.77. The highest BCUT2D eigenvalue weighted by molar-refractivity contribution is 6.21. The molecule has 0 aromatic heterocycles. The second-order valence-electron chi connectivity index (χ2n) is 9.14. The first kappa shape index (κ1) is 20.3. The molecule has 4 aliphatic rings. The Kier molecular flexibility index (Phi) is 4.43. The van der Waals surface area contributed by atoms with Crippen LogP contribution in [0.25, 0.3) is 0 Å². The van der Waals surface area contributed by atoms with Gasteiger partial charge in [-0.1, -0.05) is 17.2 Å². The highest BCUT2D eigenvalue weighted by Crippen LogP contribution is 2.62. The number of nitrogens with zero attached hydrogens (tertiary/aromatic N) is 1. The van der Waals surface area contributed by atoms with Crippen LogP contribution in [0.15, 0.2) is 24.3 Å². The molecule has 1 atom stereocenters. The van der Waals surface area contributed by atoms with Crippen LogP contribution in [0.2, 0.25) is 0 Å². The van der Waals surface area contributed by atoms with Gasteiger partial charge in [-0.15, -0.1) is 0 Å². The molecule has 160 valence electrons. The molecule has 0 spiro atoms. The van der Waals surface area contributed by atoms with E-state index in [2.05, 4.69) is 5.32 Å². The number of carbonyl (C=O) groups excluding carboxylic acids is 4. The normalized spacial score (nSPS) is 29.3. The van der Waals surface area contributed by atoms with E-state index in [-0.39, 0.29) is 17.7 Å². The van der Waals surface area contributed by atoms with Crippen molar-refractivity contribution >= 4 is 23.9 Å². The Labute approximate surface area is 173 Å². The Bertz CT molecular complexity index is 908. The lowest BCUT2D eigenvalue weighted by Crippen LogP contribution is -2.56. The van der Waals surface area contributed by atoms with Crippen LogP contribution in [0.4, 0.5) is 4.79 Å². The zero-order chi connectivity index (χ0) is 21.9.